The predicted molar refractivity (Wildman–Crippen MR) is 74.8 cm³/mol. The third-order valence-electron chi connectivity index (χ3n) is 3.70. The summed E-state index contributed by atoms with van der Waals surface area (Å²) in [5.41, 5.74) is 2.30. The molecule has 1 amide bonds. The molecular formula is C12H23N7O. The third kappa shape index (κ3) is 3.75. The number of nitrogens with one attached hydrogen (secondary N) is 1. The number of likely N-dealkylation sites (N-methyl/N-ethyl adjacent to an activating group) is 1. The summed E-state index contributed by atoms with van der Waals surface area (Å²) < 4.78 is 1.69. The van der Waals surface area contributed by atoms with Crippen molar-refractivity contribution in [3.8, 4) is 0 Å². The van der Waals surface area contributed by atoms with Crippen molar-refractivity contribution in [1.29, 1.82) is 0 Å². The zero-order valence-corrected chi connectivity index (χ0v) is 12.1. The highest BCUT2D eigenvalue weighted by molar-refractivity contribution is 5.91. The smallest absolute Gasteiger partial charge is 0.287 e. The van der Waals surface area contributed by atoms with Crippen molar-refractivity contribution in [2.75, 3.05) is 33.2 Å². The number of carbonyl (C=O) groups excluding carboxylic acids is 1. The number of hydrogen-bond donors (Lipinski definition) is 2. The maximum Gasteiger partial charge on any atom is 0.287 e. The van der Waals surface area contributed by atoms with E-state index in [1.165, 1.54) is 6.42 Å². The molecule has 1 aliphatic heterocycles. The van der Waals surface area contributed by atoms with Gasteiger partial charge in [-0.15, -0.1) is 5.10 Å². The number of rotatable bonds is 4. The van der Waals surface area contributed by atoms with Gasteiger partial charge < -0.3 is 4.90 Å². The second-order valence-electron chi connectivity index (χ2n) is 5.34. The SMILES string of the molecule is CC1CN(C)CCCN1CCn1cc(C(=O)NN)nn1. The topological polar surface area (TPSA) is 92.3 Å². The largest absolute Gasteiger partial charge is 0.305 e. The van der Waals surface area contributed by atoms with Crippen molar-refractivity contribution in [2.45, 2.75) is 25.9 Å². The standard InChI is InChI=1S/C12H23N7O/c1-10-8-17(2)4-3-5-18(10)6-7-19-9-11(15-16-19)12(20)14-13/h9-10H,3-8,13H2,1-2H3,(H,14,20). The number of nitrogens with zero attached hydrogens (tertiary/aromatic N) is 5. The number of aromatic nitrogens is 3. The average molecular weight is 281 g/mol. The van der Waals surface area contributed by atoms with E-state index >= 15 is 0 Å². The molecule has 20 heavy (non-hydrogen) atoms. The molecule has 8 nitrogen and oxygen atoms in total. The first-order valence-corrected chi connectivity index (χ1v) is 6.94. The molecule has 0 spiro atoms. The fourth-order valence-corrected chi connectivity index (χ4v) is 2.57. The lowest BCUT2D eigenvalue weighted by Gasteiger charge is -2.27. The number of nitrogen functional groups attached to an aromatic ring is 1. The summed E-state index contributed by atoms with van der Waals surface area (Å²) in [6.07, 6.45) is 2.80. The van der Waals surface area contributed by atoms with E-state index in [1.807, 2.05) is 5.43 Å². The number of carbonyl (C=O) groups is 1. The third-order valence-corrected chi connectivity index (χ3v) is 3.70. The molecule has 8 heteroatoms. The van der Waals surface area contributed by atoms with E-state index < -0.39 is 5.91 Å². The predicted octanol–water partition coefficient (Wildman–Crippen LogP) is -1.09. The van der Waals surface area contributed by atoms with Crippen molar-refractivity contribution in [1.82, 2.24) is 30.2 Å². The minimum Gasteiger partial charge on any atom is -0.305 e. The second kappa shape index (κ2) is 6.78. The summed E-state index contributed by atoms with van der Waals surface area (Å²) >= 11 is 0. The van der Waals surface area contributed by atoms with Crippen LogP contribution in [0.4, 0.5) is 0 Å². The van der Waals surface area contributed by atoms with Crippen LogP contribution in [-0.4, -0.2) is 70.0 Å². The van der Waals surface area contributed by atoms with E-state index in [-0.39, 0.29) is 5.69 Å². The highest BCUT2D eigenvalue weighted by atomic mass is 16.2. The summed E-state index contributed by atoms with van der Waals surface area (Å²) in [5, 5.41) is 7.74. The van der Waals surface area contributed by atoms with E-state index in [2.05, 4.69) is 34.1 Å². The van der Waals surface area contributed by atoms with Crippen LogP contribution in [0.3, 0.4) is 0 Å². The molecule has 1 unspecified atom stereocenters. The van der Waals surface area contributed by atoms with E-state index in [0.29, 0.717) is 6.04 Å². The molecule has 1 aromatic heterocycles. The first-order valence-electron chi connectivity index (χ1n) is 6.94. The van der Waals surface area contributed by atoms with E-state index in [9.17, 15) is 4.79 Å². The lowest BCUT2D eigenvalue weighted by molar-refractivity contribution is 0.0948. The van der Waals surface area contributed by atoms with Crippen LogP contribution in [0.5, 0.6) is 0 Å². The van der Waals surface area contributed by atoms with E-state index in [1.54, 1.807) is 10.9 Å². The van der Waals surface area contributed by atoms with Crippen LogP contribution in [0.2, 0.25) is 0 Å². The van der Waals surface area contributed by atoms with Crippen molar-refractivity contribution in [2.24, 2.45) is 5.84 Å². The van der Waals surface area contributed by atoms with Crippen molar-refractivity contribution in [3.63, 3.8) is 0 Å². The van der Waals surface area contributed by atoms with Crippen LogP contribution >= 0.6 is 0 Å². The van der Waals surface area contributed by atoms with Crippen LogP contribution in [0.25, 0.3) is 0 Å². The number of amides is 1. The fourth-order valence-electron chi connectivity index (χ4n) is 2.57. The molecule has 2 heterocycles. The van der Waals surface area contributed by atoms with Crippen LogP contribution in [0, 0.1) is 0 Å². The molecule has 1 atom stereocenters. The van der Waals surface area contributed by atoms with Gasteiger partial charge in [0, 0.05) is 19.1 Å². The zero-order valence-electron chi connectivity index (χ0n) is 12.1. The number of nitrogens with two attached hydrogens (primary N) is 1. The Hall–Kier alpha value is -1.51. The monoisotopic (exact) mass is 281 g/mol. The molecule has 0 radical (unpaired) electrons. The maximum atomic E-state index is 11.3. The Balaban J connectivity index is 1.88. The van der Waals surface area contributed by atoms with Crippen LogP contribution < -0.4 is 11.3 Å². The summed E-state index contributed by atoms with van der Waals surface area (Å²) in [6.45, 7) is 7.19. The molecule has 3 N–H and O–H groups in total. The summed E-state index contributed by atoms with van der Waals surface area (Å²) in [7, 11) is 2.16. The zero-order chi connectivity index (χ0) is 14.5. The number of hydrazine groups is 1. The molecule has 1 aliphatic rings. The average Bonchev–Trinajstić information content (AvgIpc) is 2.83. The first-order chi connectivity index (χ1) is 9.60. The second-order valence-corrected chi connectivity index (χ2v) is 5.34. The van der Waals surface area contributed by atoms with E-state index in [4.69, 9.17) is 5.84 Å². The molecule has 1 aromatic rings. The lowest BCUT2D eigenvalue weighted by atomic mass is 10.2. The molecule has 112 valence electrons. The van der Waals surface area contributed by atoms with Gasteiger partial charge in [-0.05, 0) is 33.5 Å². The van der Waals surface area contributed by atoms with Gasteiger partial charge >= 0.3 is 0 Å². The van der Waals surface area contributed by atoms with Gasteiger partial charge in [-0.2, -0.15) is 0 Å². The fraction of sp³-hybridized carbons (Fsp3) is 0.750. The minimum absolute atomic E-state index is 0.246. The van der Waals surface area contributed by atoms with Gasteiger partial charge in [0.2, 0.25) is 0 Å². The Bertz CT molecular complexity index is 447. The van der Waals surface area contributed by atoms with Crippen molar-refractivity contribution < 1.29 is 4.79 Å². The van der Waals surface area contributed by atoms with Gasteiger partial charge in [-0.25, -0.2) is 5.84 Å². The van der Waals surface area contributed by atoms with Gasteiger partial charge in [-0.3, -0.25) is 19.8 Å². The highest BCUT2D eigenvalue weighted by Gasteiger charge is 2.19. The van der Waals surface area contributed by atoms with Crippen LogP contribution in [0.1, 0.15) is 23.8 Å². The van der Waals surface area contributed by atoms with Crippen molar-refractivity contribution in [3.05, 3.63) is 11.9 Å². The summed E-state index contributed by atoms with van der Waals surface area (Å²) in [6, 6.07) is 0.526. The van der Waals surface area contributed by atoms with Crippen LogP contribution in [-0.2, 0) is 6.54 Å². The summed E-state index contributed by atoms with van der Waals surface area (Å²) in [4.78, 5) is 16.1. The lowest BCUT2D eigenvalue weighted by Crippen LogP contribution is -2.39. The molecular weight excluding hydrogens is 258 g/mol. The Morgan fingerprint density at radius 3 is 3.05 bits per heavy atom. The van der Waals surface area contributed by atoms with Gasteiger partial charge in [0.05, 0.1) is 12.7 Å². The minimum atomic E-state index is -0.416. The van der Waals surface area contributed by atoms with Gasteiger partial charge in [0.15, 0.2) is 5.69 Å². The molecule has 0 bridgehead atoms. The Morgan fingerprint density at radius 1 is 1.50 bits per heavy atom. The molecule has 0 aliphatic carbocycles. The Morgan fingerprint density at radius 2 is 2.30 bits per heavy atom. The Labute approximate surface area is 118 Å². The normalized spacial score (nSPS) is 21.6. The Kier molecular flexibility index (Phi) is 5.05. The van der Waals surface area contributed by atoms with E-state index in [0.717, 1.165) is 32.7 Å². The van der Waals surface area contributed by atoms with Crippen LogP contribution in [0.15, 0.2) is 6.20 Å². The van der Waals surface area contributed by atoms with Gasteiger partial charge in [0.25, 0.3) is 5.91 Å². The number of hydrogen-bond acceptors (Lipinski definition) is 6. The molecule has 1 fully saturated rings. The summed E-state index contributed by atoms with van der Waals surface area (Å²) in [5.74, 6) is 4.65. The molecule has 1 saturated heterocycles. The van der Waals surface area contributed by atoms with Gasteiger partial charge in [-0.1, -0.05) is 5.21 Å². The first kappa shape index (κ1) is 14.9. The highest BCUT2D eigenvalue weighted by Crippen LogP contribution is 2.08. The van der Waals surface area contributed by atoms with Crippen molar-refractivity contribution >= 4 is 5.91 Å². The molecule has 2 rings (SSSR count). The van der Waals surface area contributed by atoms with Gasteiger partial charge in [0.1, 0.15) is 0 Å². The molecule has 0 saturated carbocycles. The molecule has 0 aromatic carbocycles. The quantitative estimate of drug-likeness (QED) is 0.414. The maximum absolute atomic E-state index is 11.3.